The number of hydrogen-bond acceptors (Lipinski definition) is 9. The Kier molecular flexibility index (Phi) is 21.6. The molecule has 230 valence electrons. The van der Waals surface area contributed by atoms with Crippen LogP contribution in [0.15, 0.2) is 36.4 Å². The van der Waals surface area contributed by atoms with Crippen LogP contribution in [0.5, 0.6) is 5.75 Å². The zero-order chi connectivity index (χ0) is 30.1. The number of benzene rings is 1. The maximum Gasteiger partial charge on any atom is 0.246 e. The Balaban J connectivity index is 2.24. The first kappa shape index (κ1) is 36.6. The number of Topliss-reactive ketones (excluding diaryl/α,β-unsaturated/α-hetero) is 1. The van der Waals surface area contributed by atoms with Gasteiger partial charge in [-0.25, -0.2) is 0 Å². The summed E-state index contributed by atoms with van der Waals surface area (Å²) in [6.45, 7) is 11.7. The Morgan fingerprint density at radius 3 is 2.51 bits per heavy atom. The van der Waals surface area contributed by atoms with Crippen LogP contribution in [-0.4, -0.2) is 76.5 Å². The molecule has 1 atom stereocenters. The number of nitrogens with zero attached hydrogens (tertiary/aromatic N) is 1. The molecule has 0 saturated carbocycles. The van der Waals surface area contributed by atoms with Crippen molar-refractivity contribution in [2.24, 2.45) is 11.8 Å². The number of thiocyanates is 1. The van der Waals surface area contributed by atoms with Crippen molar-refractivity contribution in [3.8, 4) is 11.2 Å². The molecule has 1 aromatic rings. The van der Waals surface area contributed by atoms with Gasteiger partial charge in [0.25, 0.3) is 0 Å². The first-order chi connectivity index (χ1) is 19.8. The molecule has 0 saturated heterocycles. The number of thioether (sulfide) groups is 1. The SMILES string of the molecule is CC(C)/C=C/CNC(=O)COCCO[C@@H](COc1cccc(CC(=O)CCOCCOCCCC(C)C)c1)SC#N. The van der Waals surface area contributed by atoms with Crippen LogP contribution in [0.25, 0.3) is 0 Å². The summed E-state index contributed by atoms with van der Waals surface area (Å²) in [5.41, 5.74) is 0.318. The lowest BCUT2D eigenvalue weighted by atomic mass is 10.1. The van der Waals surface area contributed by atoms with Crippen molar-refractivity contribution >= 4 is 23.5 Å². The normalized spacial score (nSPS) is 12.1. The van der Waals surface area contributed by atoms with Crippen LogP contribution in [0.2, 0.25) is 0 Å². The quantitative estimate of drug-likeness (QED) is 0.0729. The average molecular weight is 593 g/mol. The van der Waals surface area contributed by atoms with Crippen molar-refractivity contribution in [2.45, 2.75) is 58.8 Å². The minimum absolute atomic E-state index is 0.0595. The highest BCUT2D eigenvalue weighted by atomic mass is 32.2. The Morgan fingerprint density at radius 2 is 1.78 bits per heavy atom. The second-order valence-electron chi connectivity index (χ2n) is 10.2. The van der Waals surface area contributed by atoms with Gasteiger partial charge in [-0.05, 0) is 54.1 Å². The van der Waals surface area contributed by atoms with Crippen molar-refractivity contribution in [1.82, 2.24) is 5.32 Å². The van der Waals surface area contributed by atoms with Crippen LogP contribution >= 0.6 is 11.8 Å². The standard InChI is InChI=1S/C31H48N2O7S/c1-25(2)8-6-13-33-30(35)22-38-18-19-39-31(41-24-32)23-40-29-11-5-10-27(21-29)20-28(34)12-15-37-17-16-36-14-7-9-26(3)4/h5-6,8,10-11,21,25-26,31H,7,9,12-20,22-23H2,1-4H3,(H,33,35)/b8-6+/t31-/m1/s1. The fraction of sp³-hybridized carbons (Fsp3) is 0.645. The number of rotatable bonds is 25. The predicted molar refractivity (Wildman–Crippen MR) is 162 cm³/mol. The van der Waals surface area contributed by atoms with Crippen LogP contribution < -0.4 is 10.1 Å². The van der Waals surface area contributed by atoms with Gasteiger partial charge in [0.2, 0.25) is 5.91 Å². The minimum Gasteiger partial charge on any atom is -0.490 e. The molecule has 1 rings (SSSR count). The highest BCUT2D eigenvalue weighted by molar-refractivity contribution is 8.04. The van der Waals surface area contributed by atoms with E-state index < -0.39 is 5.44 Å². The van der Waals surface area contributed by atoms with Crippen LogP contribution in [0.1, 0.15) is 52.5 Å². The zero-order valence-electron chi connectivity index (χ0n) is 25.1. The lowest BCUT2D eigenvalue weighted by Gasteiger charge is -2.16. The zero-order valence-corrected chi connectivity index (χ0v) is 25.9. The van der Waals surface area contributed by atoms with E-state index in [1.165, 1.54) is 0 Å². The summed E-state index contributed by atoms with van der Waals surface area (Å²) in [6.07, 6.45) is 6.77. The molecule has 0 aromatic heterocycles. The molecule has 0 aliphatic heterocycles. The topological polar surface area (TPSA) is 116 Å². The maximum absolute atomic E-state index is 12.4. The molecule has 10 heteroatoms. The number of nitrogens with one attached hydrogen (secondary N) is 1. The molecule has 41 heavy (non-hydrogen) atoms. The van der Waals surface area contributed by atoms with Gasteiger partial charge in [0, 0.05) is 26.0 Å². The van der Waals surface area contributed by atoms with Gasteiger partial charge < -0.3 is 29.0 Å². The molecular formula is C31H48N2O7S. The van der Waals surface area contributed by atoms with E-state index in [0.29, 0.717) is 50.4 Å². The van der Waals surface area contributed by atoms with Gasteiger partial charge in [-0.15, -0.1) is 0 Å². The monoisotopic (exact) mass is 592 g/mol. The van der Waals surface area contributed by atoms with Crippen LogP contribution in [-0.2, 0) is 35.0 Å². The number of carbonyl (C=O) groups is 2. The molecular weight excluding hydrogens is 544 g/mol. The predicted octanol–water partition coefficient (Wildman–Crippen LogP) is 4.94. The summed E-state index contributed by atoms with van der Waals surface area (Å²) in [6, 6.07) is 7.32. The molecule has 0 heterocycles. The number of amides is 1. The number of ketones is 1. The van der Waals surface area contributed by atoms with Crippen LogP contribution in [0, 0.1) is 22.5 Å². The van der Waals surface area contributed by atoms with E-state index in [9.17, 15) is 9.59 Å². The molecule has 1 aromatic carbocycles. The van der Waals surface area contributed by atoms with E-state index in [2.05, 4.69) is 33.0 Å². The second kappa shape index (κ2) is 24.2. The minimum atomic E-state index is -0.528. The van der Waals surface area contributed by atoms with E-state index in [1.54, 1.807) is 6.07 Å². The highest BCUT2D eigenvalue weighted by Gasteiger charge is 2.12. The molecule has 0 fully saturated rings. The molecule has 0 radical (unpaired) electrons. The van der Waals surface area contributed by atoms with Crippen molar-refractivity contribution < 1.29 is 33.3 Å². The Morgan fingerprint density at radius 1 is 1.02 bits per heavy atom. The Bertz CT molecular complexity index is 918. The lowest BCUT2D eigenvalue weighted by molar-refractivity contribution is -0.126. The largest absolute Gasteiger partial charge is 0.490 e. The van der Waals surface area contributed by atoms with Crippen molar-refractivity contribution in [1.29, 1.82) is 5.26 Å². The summed E-state index contributed by atoms with van der Waals surface area (Å²) < 4.78 is 27.9. The Labute approximate surface area is 250 Å². The first-order valence-corrected chi connectivity index (χ1v) is 15.2. The summed E-state index contributed by atoms with van der Waals surface area (Å²) in [4.78, 5) is 24.1. The first-order valence-electron chi connectivity index (χ1n) is 14.4. The van der Waals surface area contributed by atoms with Gasteiger partial charge >= 0.3 is 0 Å². The average Bonchev–Trinajstić information content (AvgIpc) is 2.92. The summed E-state index contributed by atoms with van der Waals surface area (Å²) in [7, 11) is 0. The van der Waals surface area contributed by atoms with Gasteiger partial charge in [0.05, 0.1) is 33.0 Å². The molecule has 0 unspecified atom stereocenters. The number of allylic oxidation sites excluding steroid dienone is 1. The smallest absolute Gasteiger partial charge is 0.246 e. The molecule has 0 aliphatic rings. The number of carbonyl (C=O) groups excluding carboxylic acids is 2. The molecule has 1 amide bonds. The molecule has 1 N–H and O–H groups in total. The number of hydrogen-bond donors (Lipinski definition) is 1. The van der Waals surface area contributed by atoms with Crippen molar-refractivity contribution in [3.05, 3.63) is 42.0 Å². The van der Waals surface area contributed by atoms with Gasteiger partial charge in [-0.1, -0.05) is 52.0 Å². The van der Waals surface area contributed by atoms with Crippen molar-refractivity contribution in [2.75, 3.05) is 59.4 Å². The fourth-order valence-electron chi connectivity index (χ4n) is 3.47. The summed E-state index contributed by atoms with van der Waals surface area (Å²) in [5, 5.41) is 13.9. The molecule has 9 nitrogen and oxygen atoms in total. The lowest BCUT2D eigenvalue weighted by Crippen LogP contribution is -2.28. The molecule has 0 bridgehead atoms. The van der Waals surface area contributed by atoms with Gasteiger partial charge in [0.15, 0.2) is 5.44 Å². The van der Waals surface area contributed by atoms with E-state index in [4.69, 9.17) is 28.9 Å². The Hall–Kier alpha value is -2.42. The van der Waals surface area contributed by atoms with Crippen LogP contribution in [0.4, 0.5) is 0 Å². The third kappa shape index (κ3) is 21.9. The second-order valence-corrected chi connectivity index (χ2v) is 11.2. The fourth-order valence-corrected chi connectivity index (χ4v) is 3.89. The van der Waals surface area contributed by atoms with E-state index in [0.717, 1.165) is 36.8 Å². The number of ether oxygens (including phenoxy) is 5. The summed E-state index contributed by atoms with van der Waals surface area (Å²) >= 11 is 0.949. The third-order valence-electron chi connectivity index (χ3n) is 5.54. The van der Waals surface area contributed by atoms with Crippen LogP contribution in [0.3, 0.4) is 0 Å². The third-order valence-corrected chi connectivity index (χ3v) is 6.18. The maximum atomic E-state index is 12.4. The molecule has 0 aliphatic carbocycles. The van der Waals surface area contributed by atoms with E-state index in [-0.39, 0.29) is 44.5 Å². The van der Waals surface area contributed by atoms with E-state index in [1.807, 2.05) is 35.8 Å². The highest BCUT2D eigenvalue weighted by Crippen LogP contribution is 2.18. The summed E-state index contributed by atoms with van der Waals surface area (Å²) in [5.74, 6) is 1.60. The molecule has 0 spiro atoms. The number of nitriles is 1. The van der Waals surface area contributed by atoms with Crippen molar-refractivity contribution in [3.63, 3.8) is 0 Å². The van der Waals surface area contributed by atoms with Gasteiger partial charge in [0.1, 0.15) is 30.1 Å². The van der Waals surface area contributed by atoms with E-state index >= 15 is 0 Å². The van der Waals surface area contributed by atoms with Gasteiger partial charge in [-0.2, -0.15) is 5.26 Å². The van der Waals surface area contributed by atoms with Gasteiger partial charge in [-0.3, -0.25) is 9.59 Å².